The molecule has 2 nitrogen and oxygen atoms in total. The summed E-state index contributed by atoms with van der Waals surface area (Å²) in [6.07, 6.45) is 5.07. The highest BCUT2D eigenvalue weighted by molar-refractivity contribution is 5.20. The maximum Gasteiger partial charge on any atom is 0.162 e. The van der Waals surface area contributed by atoms with Gasteiger partial charge in [-0.05, 0) is 42.2 Å². The lowest BCUT2D eigenvalue weighted by Gasteiger charge is -2.43. The summed E-state index contributed by atoms with van der Waals surface area (Å²) in [6.45, 7) is 4.48. The molecule has 1 saturated carbocycles. The van der Waals surface area contributed by atoms with Crippen LogP contribution in [0.2, 0.25) is 0 Å². The maximum atomic E-state index is 13.8. The van der Waals surface area contributed by atoms with E-state index < -0.39 is 11.6 Å². The quantitative estimate of drug-likeness (QED) is 0.654. The van der Waals surface area contributed by atoms with E-state index in [9.17, 15) is 8.78 Å². The zero-order valence-corrected chi connectivity index (χ0v) is 12.3. The lowest BCUT2D eigenvalue weighted by Crippen LogP contribution is -2.49. The van der Waals surface area contributed by atoms with Crippen LogP contribution in [0.3, 0.4) is 0 Å². The molecule has 0 amide bonds. The van der Waals surface area contributed by atoms with Crippen molar-refractivity contribution >= 4 is 0 Å². The first-order valence-electron chi connectivity index (χ1n) is 7.34. The second kappa shape index (κ2) is 6.19. The lowest BCUT2D eigenvalue weighted by molar-refractivity contribution is 0.0978. The number of hydrazine groups is 1. The first-order chi connectivity index (χ1) is 9.45. The molecule has 0 heterocycles. The van der Waals surface area contributed by atoms with Crippen molar-refractivity contribution in [2.45, 2.75) is 52.0 Å². The minimum atomic E-state index is -0.791. The highest BCUT2D eigenvalue weighted by atomic mass is 19.2. The molecule has 4 heteroatoms. The molecule has 0 aliphatic heterocycles. The van der Waals surface area contributed by atoms with Gasteiger partial charge in [0.05, 0.1) is 0 Å². The largest absolute Gasteiger partial charge is 0.271 e. The Hall–Kier alpha value is -1.00. The Kier molecular flexibility index (Phi) is 4.76. The fourth-order valence-corrected chi connectivity index (χ4v) is 3.53. The second-order valence-corrected chi connectivity index (χ2v) is 6.53. The lowest BCUT2D eigenvalue weighted by atomic mass is 9.65. The van der Waals surface area contributed by atoms with Crippen LogP contribution >= 0.6 is 0 Å². The van der Waals surface area contributed by atoms with Crippen molar-refractivity contribution in [1.82, 2.24) is 5.43 Å². The number of rotatable bonds is 4. The Labute approximate surface area is 119 Å². The zero-order valence-electron chi connectivity index (χ0n) is 12.3. The minimum Gasteiger partial charge on any atom is -0.271 e. The van der Waals surface area contributed by atoms with Gasteiger partial charge in [0.2, 0.25) is 0 Å². The number of hydrogen-bond donors (Lipinski definition) is 2. The van der Waals surface area contributed by atoms with Crippen LogP contribution in [0.4, 0.5) is 8.78 Å². The number of nitrogens with two attached hydrogens (primary N) is 1. The smallest absolute Gasteiger partial charge is 0.162 e. The second-order valence-electron chi connectivity index (χ2n) is 6.53. The first-order valence-corrected chi connectivity index (χ1v) is 7.34. The van der Waals surface area contributed by atoms with Crippen LogP contribution in [0.25, 0.3) is 0 Å². The van der Waals surface area contributed by atoms with E-state index in [4.69, 9.17) is 5.84 Å². The SMILES string of the molecule is CC1(C)CCCCC1C(Cc1cccc(F)c1F)NN. The Morgan fingerprint density at radius 3 is 2.75 bits per heavy atom. The Morgan fingerprint density at radius 2 is 2.10 bits per heavy atom. The fraction of sp³-hybridized carbons (Fsp3) is 0.625. The summed E-state index contributed by atoms with van der Waals surface area (Å²) in [5.41, 5.74) is 3.41. The molecule has 1 aliphatic rings. The van der Waals surface area contributed by atoms with Gasteiger partial charge in [0, 0.05) is 6.04 Å². The van der Waals surface area contributed by atoms with E-state index in [-0.39, 0.29) is 11.5 Å². The molecule has 0 saturated heterocycles. The van der Waals surface area contributed by atoms with Gasteiger partial charge in [0.25, 0.3) is 0 Å². The van der Waals surface area contributed by atoms with E-state index in [1.165, 1.54) is 12.8 Å². The summed E-state index contributed by atoms with van der Waals surface area (Å²) in [6, 6.07) is 4.31. The summed E-state index contributed by atoms with van der Waals surface area (Å²) in [5, 5.41) is 0. The Bertz CT molecular complexity index is 460. The summed E-state index contributed by atoms with van der Waals surface area (Å²) < 4.78 is 27.1. The van der Waals surface area contributed by atoms with Gasteiger partial charge in [-0.3, -0.25) is 11.3 Å². The molecule has 0 aromatic heterocycles. The third kappa shape index (κ3) is 3.18. The van der Waals surface area contributed by atoms with Crippen molar-refractivity contribution in [1.29, 1.82) is 0 Å². The van der Waals surface area contributed by atoms with E-state index >= 15 is 0 Å². The van der Waals surface area contributed by atoms with E-state index in [0.29, 0.717) is 17.9 Å². The summed E-state index contributed by atoms with van der Waals surface area (Å²) >= 11 is 0. The van der Waals surface area contributed by atoms with Crippen LogP contribution in [0.1, 0.15) is 45.1 Å². The average molecular weight is 282 g/mol. The number of halogens is 2. The van der Waals surface area contributed by atoms with Gasteiger partial charge in [-0.2, -0.15) is 0 Å². The molecule has 1 aliphatic carbocycles. The average Bonchev–Trinajstić information content (AvgIpc) is 2.41. The molecule has 3 N–H and O–H groups in total. The monoisotopic (exact) mass is 282 g/mol. The van der Waals surface area contributed by atoms with Crippen molar-refractivity contribution < 1.29 is 8.78 Å². The summed E-state index contributed by atoms with van der Waals surface area (Å²) in [5.74, 6) is 4.53. The molecule has 0 spiro atoms. The molecule has 1 fully saturated rings. The van der Waals surface area contributed by atoms with E-state index in [2.05, 4.69) is 19.3 Å². The van der Waals surface area contributed by atoms with Crippen molar-refractivity contribution in [2.24, 2.45) is 17.2 Å². The molecule has 112 valence electrons. The van der Waals surface area contributed by atoms with Gasteiger partial charge in [-0.25, -0.2) is 8.78 Å². The number of benzene rings is 1. The van der Waals surface area contributed by atoms with Crippen LogP contribution in [-0.2, 0) is 6.42 Å². The standard InChI is InChI=1S/C16H24F2N2/c1-16(2)9-4-3-7-12(16)14(20-19)10-11-6-5-8-13(17)15(11)18/h5-6,8,12,14,20H,3-4,7,9-10,19H2,1-2H3. The predicted octanol–water partition coefficient (Wildman–Crippen LogP) is 3.56. The number of hydrogen-bond acceptors (Lipinski definition) is 2. The maximum absolute atomic E-state index is 13.8. The van der Waals surface area contributed by atoms with Crippen LogP contribution in [-0.4, -0.2) is 6.04 Å². The molecule has 0 radical (unpaired) electrons. The highest BCUT2D eigenvalue weighted by Gasteiger charge is 2.37. The Morgan fingerprint density at radius 1 is 1.35 bits per heavy atom. The van der Waals surface area contributed by atoms with Crippen LogP contribution in [0.5, 0.6) is 0 Å². The van der Waals surface area contributed by atoms with Crippen molar-refractivity contribution in [3.63, 3.8) is 0 Å². The van der Waals surface area contributed by atoms with Gasteiger partial charge in [-0.15, -0.1) is 0 Å². The molecule has 1 aromatic carbocycles. The van der Waals surface area contributed by atoms with Gasteiger partial charge < -0.3 is 0 Å². The molecule has 2 rings (SSSR count). The third-order valence-corrected chi connectivity index (χ3v) is 4.76. The first kappa shape index (κ1) is 15.4. The predicted molar refractivity (Wildman–Crippen MR) is 76.9 cm³/mol. The van der Waals surface area contributed by atoms with Gasteiger partial charge >= 0.3 is 0 Å². The molecule has 1 aromatic rings. The fourth-order valence-electron chi connectivity index (χ4n) is 3.53. The molecular formula is C16H24F2N2. The normalized spacial score (nSPS) is 23.6. The van der Waals surface area contributed by atoms with E-state index in [0.717, 1.165) is 18.9 Å². The molecule has 0 bridgehead atoms. The number of nitrogens with one attached hydrogen (secondary N) is 1. The summed E-state index contributed by atoms with van der Waals surface area (Å²) in [4.78, 5) is 0. The Balaban J connectivity index is 2.18. The van der Waals surface area contributed by atoms with Crippen molar-refractivity contribution in [2.75, 3.05) is 0 Å². The molecule has 20 heavy (non-hydrogen) atoms. The van der Waals surface area contributed by atoms with Gasteiger partial charge in [0.1, 0.15) is 0 Å². The van der Waals surface area contributed by atoms with Crippen molar-refractivity contribution in [3.8, 4) is 0 Å². The van der Waals surface area contributed by atoms with Crippen LogP contribution in [0, 0.1) is 23.0 Å². The molecule has 2 atom stereocenters. The highest BCUT2D eigenvalue weighted by Crippen LogP contribution is 2.42. The molecular weight excluding hydrogens is 258 g/mol. The van der Waals surface area contributed by atoms with Crippen LogP contribution < -0.4 is 11.3 Å². The zero-order chi connectivity index (χ0) is 14.8. The van der Waals surface area contributed by atoms with Crippen molar-refractivity contribution in [3.05, 3.63) is 35.4 Å². The van der Waals surface area contributed by atoms with Gasteiger partial charge in [-0.1, -0.05) is 38.8 Å². The van der Waals surface area contributed by atoms with E-state index in [1.807, 2.05) is 0 Å². The minimum absolute atomic E-state index is 0.0263. The topological polar surface area (TPSA) is 38.0 Å². The van der Waals surface area contributed by atoms with Gasteiger partial charge in [0.15, 0.2) is 11.6 Å². The summed E-state index contributed by atoms with van der Waals surface area (Å²) in [7, 11) is 0. The van der Waals surface area contributed by atoms with E-state index in [1.54, 1.807) is 12.1 Å². The molecule has 2 unspecified atom stereocenters. The third-order valence-electron chi connectivity index (χ3n) is 4.76. The van der Waals surface area contributed by atoms with Crippen LogP contribution in [0.15, 0.2) is 18.2 Å².